The quantitative estimate of drug-likeness (QED) is 0.467. The van der Waals surface area contributed by atoms with E-state index in [1.54, 1.807) is 13.2 Å². The Morgan fingerprint density at radius 3 is 2.84 bits per heavy atom. The van der Waals surface area contributed by atoms with Crippen molar-refractivity contribution in [3.05, 3.63) is 64.8 Å². The van der Waals surface area contributed by atoms with Gasteiger partial charge in [-0.1, -0.05) is 32.4 Å². The second-order valence-electron chi connectivity index (χ2n) is 8.75. The van der Waals surface area contributed by atoms with E-state index in [9.17, 15) is 5.11 Å². The van der Waals surface area contributed by atoms with Crippen LogP contribution in [-0.2, 0) is 11.8 Å². The van der Waals surface area contributed by atoms with E-state index in [1.807, 2.05) is 12.3 Å². The topological polar surface area (TPSA) is 82.4 Å². The van der Waals surface area contributed by atoms with Gasteiger partial charge in [0.15, 0.2) is 0 Å². The number of aryl methyl sites for hydroxylation is 2. The lowest BCUT2D eigenvalue weighted by Gasteiger charge is -2.21. The van der Waals surface area contributed by atoms with Gasteiger partial charge < -0.3 is 15.7 Å². The summed E-state index contributed by atoms with van der Waals surface area (Å²) in [6.07, 6.45) is 5.71. The maximum Gasteiger partial charge on any atom is 0.227 e. The summed E-state index contributed by atoms with van der Waals surface area (Å²) in [5, 5.41) is 16.9. The van der Waals surface area contributed by atoms with Gasteiger partial charge in [-0.2, -0.15) is 0 Å². The minimum absolute atomic E-state index is 0.0727. The lowest BCUT2D eigenvalue weighted by Crippen LogP contribution is -2.28. The number of aliphatic hydroxyl groups is 1. The Labute approximate surface area is 189 Å². The largest absolute Gasteiger partial charge is 0.395 e. The Kier molecular flexibility index (Phi) is 6.24. The van der Waals surface area contributed by atoms with Gasteiger partial charge in [0, 0.05) is 53.9 Å². The third-order valence-electron chi connectivity index (χ3n) is 6.07. The number of fused-ring (bicyclic) bond motifs is 1. The summed E-state index contributed by atoms with van der Waals surface area (Å²) < 4.78 is 0. The first-order chi connectivity index (χ1) is 15.5. The Morgan fingerprint density at radius 1 is 1.25 bits per heavy atom. The predicted molar refractivity (Wildman–Crippen MR) is 132 cm³/mol. The first-order valence-electron chi connectivity index (χ1n) is 11.1. The molecule has 0 saturated carbocycles. The van der Waals surface area contributed by atoms with Crippen LogP contribution >= 0.6 is 0 Å². The second kappa shape index (κ2) is 9.09. The molecule has 1 aliphatic rings. The lowest BCUT2D eigenvalue weighted by atomic mass is 9.83. The van der Waals surface area contributed by atoms with Crippen LogP contribution in [0.15, 0.2) is 47.6 Å². The molecule has 0 radical (unpaired) electrons. The molecular formula is C26H31N5O. The number of rotatable bonds is 7. The number of nitrogens with one attached hydrogen (secondary N) is 2. The van der Waals surface area contributed by atoms with Gasteiger partial charge in [-0.05, 0) is 54.3 Å². The zero-order valence-electron chi connectivity index (χ0n) is 19.2. The summed E-state index contributed by atoms with van der Waals surface area (Å²) in [5.41, 5.74) is 8.09. The number of nitrogens with zero attached hydrogens (tertiary/aromatic N) is 3. The van der Waals surface area contributed by atoms with Crippen molar-refractivity contribution >= 4 is 23.5 Å². The molecule has 32 heavy (non-hydrogen) atoms. The fourth-order valence-electron chi connectivity index (χ4n) is 4.24. The molecule has 4 rings (SSSR count). The van der Waals surface area contributed by atoms with Gasteiger partial charge >= 0.3 is 0 Å². The van der Waals surface area contributed by atoms with Gasteiger partial charge in [-0.3, -0.25) is 4.99 Å². The zero-order valence-corrected chi connectivity index (χ0v) is 19.2. The van der Waals surface area contributed by atoms with Crippen molar-refractivity contribution in [2.75, 3.05) is 30.8 Å². The Morgan fingerprint density at radius 2 is 2.09 bits per heavy atom. The first kappa shape index (κ1) is 22.0. The maximum absolute atomic E-state index is 10.0. The van der Waals surface area contributed by atoms with E-state index in [1.165, 1.54) is 11.1 Å². The molecule has 2 heterocycles. The van der Waals surface area contributed by atoms with Crippen molar-refractivity contribution in [3.8, 4) is 11.3 Å². The number of benzene rings is 2. The number of anilines is 3. The van der Waals surface area contributed by atoms with E-state index >= 15 is 0 Å². The van der Waals surface area contributed by atoms with Crippen molar-refractivity contribution in [3.63, 3.8) is 0 Å². The highest BCUT2D eigenvalue weighted by atomic mass is 16.3. The summed E-state index contributed by atoms with van der Waals surface area (Å²) in [5.74, 6) is 0.569. The molecule has 2 aromatic carbocycles. The van der Waals surface area contributed by atoms with Gasteiger partial charge in [0.05, 0.1) is 12.3 Å². The molecular weight excluding hydrogens is 398 g/mol. The van der Waals surface area contributed by atoms with Crippen LogP contribution in [0, 0.1) is 6.92 Å². The highest BCUT2D eigenvalue weighted by Gasteiger charge is 2.35. The third kappa shape index (κ3) is 4.23. The van der Waals surface area contributed by atoms with Crippen molar-refractivity contribution < 1.29 is 5.11 Å². The predicted octanol–water partition coefficient (Wildman–Crippen LogP) is 4.87. The van der Waals surface area contributed by atoms with Crippen LogP contribution in [0.25, 0.3) is 11.3 Å². The summed E-state index contributed by atoms with van der Waals surface area (Å²) >= 11 is 0. The van der Waals surface area contributed by atoms with Crippen LogP contribution < -0.4 is 10.6 Å². The molecule has 3 aromatic rings. The molecule has 0 saturated heterocycles. The summed E-state index contributed by atoms with van der Waals surface area (Å²) in [7, 11) is 1.77. The number of aromatic nitrogens is 2. The highest BCUT2D eigenvalue weighted by Crippen LogP contribution is 2.40. The molecule has 0 bridgehead atoms. The van der Waals surface area contributed by atoms with Gasteiger partial charge in [-0.25, -0.2) is 9.97 Å². The summed E-state index contributed by atoms with van der Waals surface area (Å²) in [4.78, 5) is 13.5. The van der Waals surface area contributed by atoms with Crippen LogP contribution in [0.3, 0.4) is 0 Å². The van der Waals surface area contributed by atoms with Gasteiger partial charge in [0.25, 0.3) is 0 Å². The normalized spacial score (nSPS) is 17.4. The number of aliphatic imine (C=N–C) groups is 1. The van der Waals surface area contributed by atoms with Crippen molar-refractivity contribution in [1.29, 1.82) is 0 Å². The SMILES string of the molecule is CCCc1ccc(C)cc1Nc1nccc(-c2cc(C=NC)c3c(c2)[C@@](C)(CO)CN3)n1. The number of aliphatic hydroxyl groups excluding tert-OH is 1. The van der Waals surface area contributed by atoms with E-state index in [0.717, 1.165) is 46.6 Å². The van der Waals surface area contributed by atoms with Crippen molar-refractivity contribution in [2.24, 2.45) is 4.99 Å². The van der Waals surface area contributed by atoms with Crippen molar-refractivity contribution in [2.45, 2.75) is 39.0 Å². The molecule has 0 unspecified atom stereocenters. The lowest BCUT2D eigenvalue weighted by molar-refractivity contribution is 0.219. The average molecular weight is 430 g/mol. The Hall–Kier alpha value is -3.25. The monoisotopic (exact) mass is 429 g/mol. The average Bonchev–Trinajstić information content (AvgIpc) is 3.14. The summed E-state index contributed by atoms with van der Waals surface area (Å²) in [6.45, 7) is 7.11. The van der Waals surface area contributed by atoms with E-state index in [4.69, 9.17) is 4.98 Å². The Balaban J connectivity index is 1.74. The summed E-state index contributed by atoms with van der Waals surface area (Å²) in [6, 6.07) is 12.6. The van der Waals surface area contributed by atoms with Gasteiger partial charge in [-0.15, -0.1) is 0 Å². The maximum atomic E-state index is 10.0. The van der Waals surface area contributed by atoms with Crippen LogP contribution in [0.5, 0.6) is 0 Å². The van der Waals surface area contributed by atoms with Crippen LogP contribution in [-0.4, -0.2) is 41.5 Å². The molecule has 1 aromatic heterocycles. The molecule has 3 N–H and O–H groups in total. The van der Waals surface area contributed by atoms with E-state index < -0.39 is 0 Å². The molecule has 0 amide bonds. The van der Waals surface area contributed by atoms with Gasteiger partial charge in [0.2, 0.25) is 5.95 Å². The van der Waals surface area contributed by atoms with E-state index in [-0.39, 0.29) is 12.0 Å². The molecule has 6 nitrogen and oxygen atoms in total. The fourth-order valence-corrected chi connectivity index (χ4v) is 4.24. The second-order valence-corrected chi connectivity index (χ2v) is 8.75. The first-order valence-corrected chi connectivity index (χ1v) is 11.1. The zero-order chi connectivity index (χ0) is 22.7. The molecule has 1 aliphatic heterocycles. The minimum atomic E-state index is -0.341. The third-order valence-corrected chi connectivity index (χ3v) is 6.07. The highest BCUT2D eigenvalue weighted by molar-refractivity contribution is 5.93. The smallest absolute Gasteiger partial charge is 0.227 e. The number of hydrogen-bond donors (Lipinski definition) is 3. The molecule has 1 atom stereocenters. The molecule has 0 fully saturated rings. The fraction of sp³-hybridized carbons (Fsp3) is 0.346. The van der Waals surface area contributed by atoms with Gasteiger partial charge in [0.1, 0.15) is 0 Å². The van der Waals surface area contributed by atoms with Crippen LogP contribution in [0.4, 0.5) is 17.3 Å². The molecule has 0 spiro atoms. The van der Waals surface area contributed by atoms with Crippen molar-refractivity contribution in [1.82, 2.24) is 9.97 Å². The van der Waals surface area contributed by atoms with Crippen LogP contribution in [0.2, 0.25) is 0 Å². The van der Waals surface area contributed by atoms with Crippen LogP contribution in [0.1, 0.15) is 42.5 Å². The number of hydrogen-bond acceptors (Lipinski definition) is 6. The molecule has 6 heteroatoms. The standard InChI is InChI=1S/C26H31N5O/c1-5-6-18-8-7-17(2)11-23(18)31-25-28-10-9-22(30-25)19-12-20(14-27-4)24-21(13-19)26(3,16-32)15-29-24/h7-14,29,32H,5-6,15-16H2,1-4H3,(H,28,30,31)/t26-/m1/s1. The molecule has 166 valence electrons. The molecule has 0 aliphatic carbocycles. The minimum Gasteiger partial charge on any atom is -0.395 e. The Bertz CT molecular complexity index is 1160. The van der Waals surface area contributed by atoms with E-state index in [0.29, 0.717) is 12.5 Å². The van der Waals surface area contributed by atoms with E-state index in [2.05, 4.69) is 71.7 Å².